The minimum atomic E-state index is -0.335. The first-order chi connectivity index (χ1) is 12.1. The molecule has 124 valence electrons. The number of hydrogen-bond acceptors (Lipinski definition) is 4. The normalized spacial score (nSPS) is 13.7. The smallest absolute Gasteiger partial charge is 0.297 e. The zero-order chi connectivity index (χ0) is 17.1. The van der Waals surface area contributed by atoms with E-state index in [4.69, 9.17) is 0 Å². The molecule has 0 fully saturated rings. The molecular formula is C18H14FN5O. The highest BCUT2D eigenvalue weighted by atomic mass is 19.1. The second kappa shape index (κ2) is 4.95. The van der Waals surface area contributed by atoms with E-state index in [2.05, 4.69) is 15.1 Å². The molecule has 0 aliphatic heterocycles. The molecule has 0 saturated carbocycles. The zero-order valence-electron chi connectivity index (χ0n) is 13.5. The summed E-state index contributed by atoms with van der Waals surface area (Å²) in [7, 11) is 1.80. The second-order valence-electron chi connectivity index (χ2n) is 6.32. The Kier molecular flexibility index (Phi) is 2.83. The van der Waals surface area contributed by atoms with Crippen LogP contribution < -0.4 is 5.56 Å². The highest BCUT2D eigenvalue weighted by Crippen LogP contribution is 2.27. The molecule has 0 spiro atoms. The lowest BCUT2D eigenvalue weighted by atomic mass is 10.2. The van der Waals surface area contributed by atoms with Crippen LogP contribution in [0, 0.1) is 5.82 Å². The predicted octanol–water partition coefficient (Wildman–Crippen LogP) is 2.30. The Morgan fingerprint density at radius 3 is 2.92 bits per heavy atom. The third-order valence-electron chi connectivity index (χ3n) is 4.95. The molecule has 7 heteroatoms. The number of rotatable bonds is 1. The molecule has 0 bridgehead atoms. The van der Waals surface area contributed by atoms with E-state index in [0.717, 1.165) is 36.0 Å². The topological polar surface area (TPSA) is 65.6 Å². The zero-order valence-corrected chi connectivity index (χ0v) is 13.5. The minimum Gasteiger partial charge on any atom is -0.339 e. The van der Waals surface area contributed by atoms with Crippen LogP contribution in [0.25, 0.3) is 27.6 Å². The summed E-state index contributed by atoms with van der Waals surface area (Å²) in [6.45, 7) is 0. The molecule has 1 aromatic carbocycles. The van der Waals surface area contributed by atoms with Gasteiger partial charge in [0.2, 0.25) is 0 Å². The van der Waals surface area contributed by atoms with Gasteiger partial charge in [0, 0.05) is 34.6 Å². The van der Waals surface area contributed by atoms with Gasteiger partial charge in [-0.15, -0.1) is 0 Å². The molecule has 3 heterocycles. The van der Waals surface area contributed by atoms with Crippen molar-refractivity contribution in [2.45, 2.75) is 19.3 Å². The summed E-state index contributed by atoms with van der Waals surface area (Å²) in [4.78, 5) is 21.7. The fourth-order valence-electron chi connectivity index (χ4n) is 3.78. The summed E-state index contributed by atoms with van der Waals surface area (Å²) in [5, 5.41) is 5.65. The molecule has 0 saturated heterocycles. The highest BCUT2D eigenvalue weighted by molar-refractivity contribution is 6.07. The fourth-order valence-corrected chi connectivity index (χ4v) is 3.78. The van der Waals surface area contributed by atoms with Crippen LogP contribution in [-0.4, -0.2) is 24.3 Å². The van der Waals surface area contributed by atoms with Gasteiger partial charge in [-0.25, -0.2) is 14.4 Å². The summed E-state index contributed by atoms with van der Waals surface area (Å²) in [6, 6.07) is 4.51. The van der Waals surface area contributed by atoms with E-state index in [9.17, 15) is 9.18 Å². The molecule has 0 atom stereocenters. The Balaban J connectivity index is 1.87. The van der Waals surface area contributed by atoms with Crippen molar-refractivity contribution in [3.63, 3.8) is 0 Å². The van der Waals surface area contributed by atoms with Crippen molar-refractivity contribution in [2.75, 3.05) is 0 Å². The van der Waals surface area contributed by atoms with Crippen molar-refractivity contribution in [1.29, 1.82) is 0 Å². The van der Waals surface area contributed by atoms with Gasteiger partial charge >= 0.3 is 0 Å². The van der Waals surface area contributed by atoms with Gasteiger partial charge in [-0.2, -0.15) is 9.78 Å². The van der Waals surface area contributed by atoms with E-state index in [1.165, 1.54) is 23.1 Å². The number of nitrogens with zero attached hydrogens (tertiary/aromatic N) is 5. The monoisotopic (exact) mass is 335 g/mol. The van der Waals surface area contributed by atoms with Crippen molar-refractivity contribution in [3.8, 4) is 5.82 Å². The van der Waals surface area contributed by atoms with Gasteiger partial charge in [0.15, 0.2) is 5.82 Å². The average molecular weight is 335 g/mol. The molecule has 5 rings (SSSR count). The largest absolute Gasteiger partial charge is 0.339 e. The minimum absolute atomic E-state index is 0.260. The van der Waals surface area contributed by atoms with Gasteiger partial charge in [-0.1, -0.05) is 0 Å². The van der Waals surface area contributed by atoms with Gasteiger partial charge in [0.05, 0.1) is 6.20 Å². The first-order valence-corrected chi connectivity index (χ1v) is 8.14. The third-order valence-corrected chi connectivity index (χ3v) is 4.95. The molecule has 1 aliphatic rings. The van der Waals surface area contributed by atoms with Crippen LogP contribution in [0.5, 0.6) is 0 Å². The summed E-state index contributed by atoms with van der Waals surface area (Å²) in [5.74, 6) is 0.212. The lowest BCUT2D eigenvalue weighted by Crippen LogP contribution is -2.24. The predicted molar refractivity (Wildman–Crippen MR) is 91.4 cm³/mol. The first-order valence-electron chi connectivity index (χ1n) is 8.14. The molecule has 0 amide bonds. The number of benzene rings is 1. The van der Waals surface area contributed by atoms with Gasteiger partial charge in [-0.3, -0.25) is 4.79 Å². The first kappa shape index (κ1) is 14.3. The average Bonchev–Trinajstić information content (AvgIpc) is 3.19. The second-order valence-corrected chi connectivity index (χ2v) is 6.32. The third kappa shape index (κ3) is 1.89. The van der Waals surface area contributed by atoms with Gasteiger partial charge < -0.3 is 4.57 Å². The van der Waals surface area contributed by atoms with Crippen molar-refractivity contribution < 1.29 is 4.39 Å². The van der Waals surface area contributed by atoms with Crippen molar-refractivity contribution >= 4 is 21.8 Å². The Labute approximate surface area is 141 Å². The maximum atomic E-state index is 13.6. The molecule has 0 N–H and O–H groups in total. The van der Waals surface area contributed by atoms with Crippen LogP contribution in [-0.2, 0) is 19.9 Å². The van der Waals surface area contributed by atoms with E-state index in [0.29, 0.717) is 22.1 Å². The van der Waals surface area contributed by atoms with Crippen LogP contribution in [0.1, 0.15) is 17.7 Å². The van der Waals surface area contributed by atoms with Crippen LogP contribution in [0.3, 0.4) is 0 Å². The standard InChI is InChI=1S/C18H14FN5O/c1-23-15-6-5-10(19)7-12(15)13-8-22-24(18(25)16(13)23)17-11-3-2-4-14(11)20-9-21-17/h5-9H,2-4H2,1H3. The summed E-state index contributed by atoms with van der Waals surface area (Å²) in [5.41, 5.74) is 2.99. The van der Waals surface area contributed by atoms with Crippen molar-refractivity contribution in [3.05, 3.63) is 58.2 Å². The van der Waals surface area contributed by atoms with Gasteiger partial charge in [0.25, 0.3) is 5.56 Å². The number of halogens is 1. The Morgan fingerprint density at radius 2 is 2.04 bits per heavy atom. The molecule has 0 radical (unpaired) electrons. The van der Waals surface area contributed by atoms with Crippen LogP contribution >= 0.6 is 0 Å². The summed E-state index contributed by atoms with van der Waals surface area (Å²) < 4.78 is 16.8. The Bertz CT molecular complexity index is 1220. The quantitative estimate of drug-likeness (QED) is 0.535. The maximum absolute atomic E-state index is 13.6. The molecule has 0 unspecified atom stereocenters. The van der Waals surface area contributed by atoms with E-state index in [1.54, 1.807) is 23.9 Å². The number of aromatic nitrogens is 5. The molecule has 25 heavy (non-hydrogen) atoms. The van der Waals surface area contributed by atoms with E-state index in [1.807, 2.05) is 0 Å². The summed E-state index contributed by atoms with van der Waals surface area (Å²) >= 11 is 0. The number of hydrogen-bond donors (Lipinski definition) is 0. The van der Waals surface area contributed by atoms with Crippen molar-refractivity contribution in [1.82, 2.24) is 24.3 Å². The summed E-state index contributed by atoms with van der Waals surface area (Å²) in [6.07, 6.45) is 5.84. The van der Waals surface area contributed by atoms with E-state index in [-0.39, 0.29) is 11.4 Å². The molecular weight excluding hydrogens is 321 g/mol. The fraction of sp³-hybridized carbons (Fsp3) is 0.222. The van der Waals surface area contributed by atoms with Crippen molar-refractivity contribution in [2.24, 2.45) is 7.05 Å². The van der Waals surface area contributed by atoms with E-state index < -0.39 is 0 Å². The molecule has 6 nitrogen and oxygen atoms in total. The molecule has 1 aliphatic carbocycles. The highest BCUT2D eigenvalue weighted by Gasteiger charge is 2.21. The maximum Gasteiger partial charge on any atom is 0.297 e. The molecule has 4 aromatic rings. The lowest BCUT2D eigenvalue weighted by Gasteiger charge is -2.08. The van der Waals surface area contributed by atoms with Crippen LogP contribution in [0.15, 0.2) is 35.5 Å². The molecule has 3 aromatic heterocycles. The number of fused-ring (bicyclic) bond motifs is 4. The van der Waals surface area contributed by atoms with E-state index >= 15 is 0 Å². The van der Waals surface area contributed by atoms with Gasteiger partial charge in [-0.05, 0) is 37.5 Å². The Hall–Kier alpha value is -3.09. The number of aryl methyl sites for hydroxylation is 2. The van der Waals surface area contributed by atoms with Crippen LogP contribution in [0.4, 0.5) is 4.39 Å². The van der Waals surface area contributed by atoms with Crippen LogP contribution in [0.2, 0.25) is 0 Å². The lowest BCUT2D eigenvalue weighted by molar-refractivity contribution is 0.629. The Morgan fingerprint density at radius 1 is 1.16 bits per heavy atom. The SMILES string of the molecule is Cn1c2ccc(F)cc2c2cnn(-c3ncnc4c3CCC4)c(=O)c21. The van der Waals surface area contributed by atoms with Gasteiger partial charge in [0.1, 0.15) is 17.7 Å².